The summed E-state index contributed by atoms with van der Waals surface area (Å²) in [6.45, 7) is 3.00. The number of H-pyrrole nitrogens is 1. The minimum Gasteiger partial charge on any atom is -0.340 e. The molecule has 1 aliphatic rings. The van der Waals surface area contributed by atoms with Crippen LogP contribution >= 0.6 is 0 Å². The van der Waals surface area contributed by atoms with E-state index in [0.29, 0.717) is 43.9 Å². The third-order valence-corrected chi connectivity index (χ3v) is 8.23. The van der Waals surface area contributed by atoms with Gasteiger partial charge in [-0.05, 0) is 23.3 Å². The standard InChI is InChI=1S/C33H33N11O/c34-31-28-32(36-22-35-28)43(23-37-31)20-27-21-44(40-39-27)30(25-12-6-2-7-13-25)29(24-10-4-1-5-11-24)41-16-18-42(19-17-41)33(45)38-26-14-8-3-9-15-26/h1-15,21-23,29-30,34H,16-20H2,(H,35,36)(H,38,45)/t29-,30+/m0/s1. The largest absolute Gasteiger partial charge is 0.340 e. The molecule has 3 aromatic heterocycles. The maximum absolute atomic E-state index is 13.1. The average molecular weight is 600 g/mol. The Morgan fingerprint density at radius 1 is 0.844 bits per heavy atom. The number of rotatable bonds is 8. The van der Waals surface area contributed by atoms with Crippen molar-refractivity contribution < 1.29 is 4.79 Å². The summed E-state index contributed by atoms with van der Waals surface area (Å²) in [6.07, 6.45) is 5.16. The third-order valence-electron chi connectivity index (χ3n) is 8.23. The van der Waals surface area contributed by atoms with Crippen LogP contribution < -0.4 is 10.8 Å². The Morgan fingerprint density at radius 3 is 2.18 bits per heavy atom. The first-order valence-corrected chi connectivity index (χ1v) is 14.9. The highest BCUT2D eigenvalue weighted by molar-refractivity contribution is 5.89. The summed E-state index contributed by atoms with van der Waals surface area (Å²) in [5.41, 5.74) is 5.17. The summed E-state index contributed by atoms with van der Waals surface area (Å²) >= 11 is 0. The number of carbonyl (C=O) groups is 1. The van der Waals surface area contributed by atoms with Crippen LogP contribution in [0.1, 0.15) is 28.9 Å². The number of para-hydroxylation sites is 1. The lowest BCUT2D eigenvalue weighted by atomic mass is 9.91. The zero-order chi connectivity index (χ0) is 30.6. The van der Waals surface area contributed by atoms with Crippen molar-refractivity contribution in [1.29, 1.82) is 5.41 Å². The molecule has 0 bridgehead atoms. The number of hydrogen-bond acceptors (Lipinski definition) is 7. The van der Waals surface area contributed by atoms with Gasteiger partial charge in [-0.1, -0.05) is 84.1 Å². The number of nitrogens with one attached hydrogen (secondary N) is 3. The van der Waals surface area contributed by atoms with Crippen LogP contribution in [0.5, 0.6) is 0 Å². The molecule has 1 saturated heterocycles. The number of aromatic amines is 1. The quantitative estimate of drug-likeness (QED) is 0.241. The van der Waals surface area contributed by atoms with Crippen LogP contribution in [0.2, 0.25) is 0 Å². The Labute approximate surface area is 259 Å². The summed E-state index contributed by atoms with van der Waals surface area (Å²) < 4.78 is 3.82. The Balaban J connectivity index is 1.19. The van der Waals surface area contributed by atoms with Gasteiger partial charge >= 0.3 is 6.03 Å². The lowest BCUT2D eigenvalue weighted by molar-refractivity contribution is 0.0910. The first kappa shape index (κ1) is 28.2. The van der Waals surface area contributed by atoms with Gasteiger partial charge in [-0.15, -0.1) is 5.10 Å². The molecule has 7 rings (SSSR count). The van der Waals surface area contributed by atoms with Gasteiger partial charge in [0.1, 0.15) is 11.2 Å². The molecule has 6 aromatic rings. The maximum atomic E-state index is 13.1. The average Bonchev–Trinajstić information content (AvgIpc) is 3.77. The number of nitrogens with zero attached hydrogens (tertiary/aromatic N) is 8. The fourth-order valence-corrected chi connectivity index (χ4v) is 6.04. The van der Waals surface area contributed by atoms with E-state index in [1.807, 2.05) is 74.9 Å². The van der Waals surface area contributed by atoms with Gasteiger partial charge in [0, 0.05) is 31.9 Å². The van der Waals surface area contributed by atoms with Gasteiger partial charge in [0.15, 0.2) is 11.1 Å². The predicted octanol–water partition coefficient (Wildman–Crippen LogP) is 4.06. The van der Waals surface area contributed by atoms with E-state index >= 15 is 0 Å². The minimum atomic E-state index is -0.191. The molecule has 4 heterocycles. The van der Waals surface area contributed by atoms with E-state index in [9.17, 15) is 4.79 Å². The van der Waals surface area contributed by atoms with Crippen LogP contribution in [0, 0.1) is 5.41 Å². The molecule has 1 aliphatic heterocycles. The molecule has 2 atom stereocenters. The third kappa shape index (κ3) is 5.95. The number of amides is 2. The Bertz CT molecular complexity index is 1930. The monoisotopic (exact) mass is 599 g/mol. The van der Waals surface area contributed by atoms with Gasteiger partial charge in [-0.3, -0.25) is 10.3 Å². The summed E-state index contributed by atoms with van der Waals surface area (Å²) in [5.74, 6) is 0. The molecule has 12 nitrogen and oxygen atoms in total. The first-order valence-electron chi connectivity index (χ1n) is 14.9. The molecule has 45 heavy (non-hydrogen) atoms. The fraction of sp³-hybridized carbons (Fsp3) is 0.212. The Kier molecular flexibility index (Phi) is 7.85. The zero-order valence-corrected chi connectivity index (χ0v) is 24.6. The van der Waals surface area contributed by atoms with E-state index in [2.05, 4.69) is 71.9 Å². The van der Waals surface area contributed by atoms with Crippen molar-refractivity contribution >= 4 is 22.9 Å². The lowest BCUT2D eigenvalue weighted by Crippen LogP contribution is -2.52. The second-order valence-corrected chi connectivity index (χ2v) is 11.0. The normalized spacial score (nSPS) is 15.2. The van der Waals surface area contributed by atoms with Crippen molar-refractivity contribution in [3.05, 3.63) is 132 Å². The smallest absolute Gasteiger partial charge is 0.321 e. The fourth-order valence-electron chi connectivity index (χ4n) is 6.04. The van der Waals surface area contributed by atoms with E-state index < -0.39 is 0 Å². The predicted molar refractivity (Wildman–Crippen MR) is 169 cm³/mol. The molecule has 12 heteroatoms. The Hall–Kier alpha value is -5.62. The van der Waals surface area contributed by atoms with Crippen LogP contribution in [0.15, 0.2) is 110 Å². The van der Waals surface area contributed by atoms with Crippen molar-refractivity contribution in [3.8, 4) is 0 Å². The number of urea groups is 1. The van der Waals surface area contributed by atoms with Crippen molar-refractivity contribution in [2.45, 2.75) is 18.6 Å². The van der Waals surface area contributed by atoms with E-state index in [4.69, 9.17) is 5.41 Å². The summed E-state index contributed by atoms with van der Waals surface area (Å²) in [6, 6.07) is 30.0. The maximum Gasteiger partial charge on any atom is 0.321 e. The molecule has 0 radical (unpaired) electrons. The number of aromatic nitrogens is 7. The zero-order valence-electron chi connectivity index (χ0n) is 24.6. The Morgan fingerprint density at radius 2 is 1.49 bits per heavy atom. The molecular formula is C33H33N11O. The van der Waals surface area contributed by atoms with Crippen LogP contribution in [0.3, 0.4) is 0 Å². The number of imidazole rings is 1. The van der Waals surface area contributed by atoms with Gasteiger partial charge in [0.25, 0.3) is 0 Å². The van der Waals surface area contributed by atoms with Crippen LogP contribution in [0.25, 0.3) is 11.2 Å². The highest BCUT2D eigenvalue weighted by Crippen LogP contribution is 2.37. The summed E-state index contributed by atoms with van der Waals surface area (Å²) in [5, 5.41) is 20.3. The van der Waals surface area contributed by atoms with Gasteiger partial charge in [-0.2, -0.15) is 0 Å². The number of carbonyl (C=O) groups excluding carboxylic acids is 1. The topological polar surface area (TPSA) is 137 Å². The molecule has 0 aliphatic carbocycles. The highest BCUT2D eigenvalue weighted by Gasteiger charge is 2.35. The first-order chi connectivity index (χ1) is 22.1. The molecule has 3 N–H and O–H groups in total. The van der Waals surface area contributed by atoms with Gasteiger partial charge in [-0.25, -0.2) is 19.4 Å². The lowest BCUT2D eigenvalue weighted by Gasteiger charge is -2.42. The van der Waals surface area contributed by atoms with Gasteiger partial charge in [0.2, 0.25) is 0 Å². The second kappa shape index (κ2) is 12.5. The van der Waals surface area contributed by atoms with E-state index in [1.165, 1.54) is 0 Å². The van der Waals surface area contributed by atoms with Crippen LogP contribution in [-0.4, -0.2) is 76.5 Å². The number of fused-ring (bicyclic) bond motifs is 1. The van der Waals surface area contributed by atoms with Crippen molar-refractivity contribution in [1.82, 2.24) is 44.3 Å². The summed E-state index contributed by atoms with van der Waals surface area (Å²) in [7, 11) is 0. The molecule has 1 fully saturated rings. The molecule has 0 unspecified atom stereocenters. The molecular weight excluding hydrogens is 566 g/mol. The van der Waals surface area contributed by atoms with Crippen molar-refractivity contribution in [3.63, 3.8) is 0 Å². The highest BCUT2D eigenvalue weighted by atomic mass is 16.2. The molecule has 3 aromatic carbocycles. The molecule has 0 spiro atoms. The van der Waals surface area contributed by atoms with Crippen molar-refractivity contribution in [2.75, 3.05) is 31.5 Å². The number of benzene rings is 3. The molecule has 0 saturated carbocycles. The van der Waals surface area contributed by atoms with E-state index in [0.717, 1.165) is 22.5 Å². The number of piperazine rings is 1. The second-order valence-electron chi connectivity index (χ2n) is 11.0. The van der Waals surface area contributed by atoms with E-state index in [-0.39, 0.29) is 23.6 Å². The minimum absolute atomic E-state index is 0.0718. The van der Waals surface area contributed by atoms with Gasteiger partial charge in [0.05, 0.1) is 37.5 Å². The summed E-state index contributed by atoms with van der Waals surface area (Å²) in [4.78, 5) is 29.0. The SMILES string of the molecule is N=c1ncn(Cc2cn([C@H](c3ccccc3)[C@H](c3ccccc3)N3CCN(C(=O)Nc4ccccc4)CC3)nn2)c2nc[nH]c12. The number of anilines is 1. The molecule has 2 amide bonds. The van der Waals surface area contributed by atoms with Crippen LogP contribution in [-0.2, 0) is 6.54 Å². The molecule has 226 valence electrons. The van der Waals surface area contributed by atoms with E-state index in [1.54, 1.807) is 12.7 Å². The van der Waals surface area contributed by atoms with Gasteiger partial charge < -0.3 is 19.8 Å². The van der Waals surface area contributed by atoms with Crippen molar-refractivity contribution in [2.24, 2.45) is 0 Å². The number of hydrogen-bond donors (Lipinski definition) is 3. The van der Waals surface area contributed by atoms with Crippen LogP contribution in [0.4, 0.5) is 10.5 Å².